The predicted octanol–water partition coefficient (Wildman–Crippen LogP) is 2.68. The van der Waals surface area contributed by atoms with E-state index in [0.29, 0.717) is 0 Å². The van der Waals surface area contributed by atoms with Gasteiger partial charge in [0.2, 0.25) is 0 Å². The van der Waals surface area contributed by atoms with Crippen molar-refractivity contribution in [3.8, 4) is 6.07 Å². The minimum Gasteiger partial charge on any atom is -0.316 e. The number of halogens is 5. The van der Waals surface area contributed by atoms with Crippen LogP contribution >= 0.6 is 12.4 Å². The summed E-state index contributed by atoms with van der Waals surface area (Å²) in [6, 6.07) is 1.74. The molecular formula is C9H7ClF4N2. The molecule has 0 amide bonds. The SMILES string of the molecule is Cl.N#Cc1cc([C@@H](N)C(F)(F)F)ccc1F. The van der Waals surface area contributed by atoms with Crippen LogP contribution in [0.4, 0.5) is 17.6 Å². The number of nitrogens with two attached hydrogens (primary N) is 1. The highest BCUT2D eigenvalue weighted by Crippen LogP contribution is 2.30. The van der Waals surface area contributed by atoms with Gasteiger partial charge in [0.25, 0.3) is 0 Å². The van der Waals surface area contributed by atoms with Gasteiger partial charge in [0.1, 0.15) is 17.9 Å². The van der Waals surface area contributed by atoms with Crippen LogP contribution in [-0.4, -0.2) is 6.18 Å². The van der Waals surface area contributed by atoms with E-state index >= 15 is 0 Å². The van der Waals surface area contributed by atoms with Gasteiger partial charge in [0.15, 0.2) is 0 Å². The maximum atomic E-state index is 12.8. The van der Waals surface area contributed by atoms with Crippen molar-refractivity contribution in [2.45, 2.75) is 12.2 Å². The van der Waals surface area contributed by atoms with Gasteiger partial charge in [0.05, 0.1) is 5.56 Å². The van der Waals surface area contributed by atoms with E-state index in [-0.39, 0.29) is 18.0 Å². The van der Waals surface area contributed by atoms with E-state index in [1.54, 1.807) is 0 Å². The van der Waals surface area contributed by atoms with Crippen molar-refractivity contribution in [2.24, 2.45) is 5.73 Å². The van der Waals surface area contributed by atoms with Crippen LogP contribution in [0.15, 0.2) is 18.2 Å². The largest absolute Gasteiger partial charge is 0.407 e. The highest BCUT2D eigenvalue weighted by Gasteiger charge is 2.38. The Hall–Kier alpha value is -1.32. The Morgan fingerprint density at radius 1 is 1.31 bits per heavy atom. The Balaban J connectivity index is 0.00000225. The van der Waals surface area contributed by atoms with Crippen LogP contribution in [0.2, 0.25) is 0 Å². The average molecular weight is 255 g/mol. The van der Waals surface area contributed by atoms with Gasteiger partial charge < -0.3 is 5.73 Å². The first-order valence-electron chi connectivity index (χ1n) is 3.88. The van der Waals surface area contributed by atoms with Crippen molar-refractivity contribution in [2.75, 3.05) is 0 Å². The van der Waals surface area contributed by atoms with Gasteiger partial charge >= 0.3 is 6.18 Å². The summed E-state index contributed by atoms with van der Waals surface area (Å²) in [5.74, 6) is -0.865. The maximum absolute atomic E-state index is 12.8. The number of hydrogen-bond donors (Lipinski definition) is 1. The van der Waals surface area contributed by atoms with E-state index in [2.05, 4.69) is 0 Å². The molecule has 1 rings (SSSR count). The molecule has 0 heterocycles. The molecule has 0 aromatic heterocycles. The molecule has 0 fully saturated rings. The third-order valence-electron chi connectivity index (χ3n) is 1.82. The number of alkyl halides is 3. The highest BCUT2D eigenvalue weighted by atomic mass is 35.5. The molecule has 0 aliphatic carbocycles. The molecule has 0 saturated carbocycles. The van der Waals surface area contributed by atoms with Crippen LogP contribution in [0.3, 0.4) is 0 Å². The average Bonchev–Trinajstić information content (AvgIpc) is 2.16. The Morgan fingerprint density at radius 2 is 1.88 bits per heavy atom. The van der Waals surface area contributed by atoms with E-state index in [4.69, 9.17) is 11.0 Å². The van der Waals surface area contributed by atoms with Crippen LogP contribution in [0.25, 0.3) is 0 Å². The summed E-state index contributed by atoms with van der Waals surface area (Å²) in [5.41, 5.74) is 4.10. The topological polar surface area (TPSA) is 49.8 Å². The quantitative estimate of drug-likeness (QED) is 0.784. The normalized spacial score (nSPS) is 12.5. The second kappa shape index (κ2) is 5.14. The van der Waals surface area contributed by atoms with Crippen molar-refractivity contribution >= 4 is 12.4 Å². The summed E-state index contributed by atoms with van der Waals surface area (Å²) >= 11 is 0. The van der Waals surface area contributed by atoms with Gasteiger partial charge in [-0.15, -0.1) is 12.4 Å². The zero-order valence-corrected chi connectivity index (χ0v) is 8.57. The van der Waals surface area contributed by atoms with Gasteiger partial charge in [-0.1, -0.05) is 6.07 Å². The molecule has 0 bridgehead atoms. The van der Waals surface area contributed by atoms with Crippen molar-refractivity contribution in [1.29, 1.82) is 5.26 Å². The fraction of sp³-hybridized carbons (Fsp3) is 0.222. The molecule has 0 spiro atoms. The third-order valence-corrected chi connectivity index (χ3v) is 1.82. The van der Waals surface area contributed by atoms with Crippen molar-refractivity contribution in [3.63, 3.8) is 0 Å². The molecule has 0 aliphatic rings. The maximum Gasteiger partial charge on any atom is 0.407 e. The second-order valence-electron chi connectivity index (χ2n) is 2.87. The smallest absolute Gasteiger partial charge is 0.316 e. The van der Waals surface area contributed by atoms with Gasteiger partial charge in [-0.3, -0.25) is 0 Å². The molecule has 0 radical (unpaired) electrons. The lowest BCUT2D eigenvalue weighted by atomic mass is 10.0. The Bertz CT molecular complexity index is 411. The van der Waals surface area contributed by atoms with E-state index in [0.717, 1.165) is 18.2 Å². The summed E-state index contributed by atoms with van der Waals surface area (Å²) in [6.07, 6.45) is -4.61. The Kier molecular flexibility index (Phi) is 4.72. The highest BCUT2D eigenvalue weighted by molar-refractivity contribution is 5.85. The molecule has 2 nitrogen and oxygen atoms in total. The van der Waals surface area contributed by atoms with Gasteiger partial charge in [0, 0.05) is 0 Å². The monoisotopic (exact) mass is 254 g/mol. The minimum atomic E-state index is -4.61. The molecule has 1 atom stereocenters. The third kappa shape index (κ3) is 3.08. The second-order valence-corrected chi connectivity index (χ2v) is 2.87. The first kappa shape index (κ1) is 14.7. The number of nitriles is 1. The molecule has 2 N–H and O–H groups in total. The van der Waals surface area contributed by atoms with Gasteiger partial charge in [-0.2, -0.15) is 18.4 Å². The van der Waals surface area contributed by atoms with Crippen LogP contribution in [0.5, 0.6) is 0 Å². The Morgan fingerprint density at radius 3 is 2.31 bits per heavy atom. The molecule has 1 aromatic rings. The fourth-order valence-electron chi connectivity index (χ4n) is 1.01. The summed E-state index contributed by atoms with van der Waals surface area (Å²) in [7, 11) is 0. The van der Waals surface area contributed by atoms with E-state index < -0.39 is 23.6 Å². The molecule has 16 heavy (non-hydrogen) atoms. The molecule has 0 saturated heterocycles. The van der Waals surface area contributed by atoms with E-state index in [1.807, 2.05) is 0 Å². The van der Waals surface area contributed by atoms with Crippen LogP contribution in [0.1, 0.15) is 17.2 Å². The predicted molar refractivity (Wildman–Crippen MR) is 51.3 cm³/mol. The summed E-state index contributed by atoms with van der Waals surface area (Å²) in [4.78, 5) is 0. The summed E-state index contributed by atoms with van der Waals surface area (Å²) in [5, 5.41) is 8.42. The van der Waals surface area contributed by atoms with Crippen molar-refractivity contribution < 1.29 is 17.6 Å². The van der Waals surface area contributed by atoms with E-state index in [1.165, 1.54) is 6.07 Å². The first-order chi connectivity index (χ1) is 6.86. The number of rotatable bonds is 1. The van der Waals surface area contributed by atoms with Crippen molar-refractivity contribution in [3.05, 3.63) is 35.1 Å². The molecule has 7 heteroatoms. The summed E-state index contributed by atoms with van der Waals surface area (Å²) < 4.78 is 49.3. The molecule has 88 valence electrons. The first-order valence-corrected chi connectivity index (χ1v) is 3.88. The zero-order valence-electron chi connectivity index (χ0n) is 7.75. The zero-order chi connectivity index (χ0) is 11.6. The Labute approximate surface area is 95.1 Å². The minimum absolute atomic E-state index is 0. The lowest BCUT2D eigenvalue weighted by Crippen LogP contribution is -2.28. The summed E-state index contributed by atoms with van der Waals surface area (Å²) in [6.45, 7) is 0. The van der Waals surface area contributed by atoms with Gasteiger partial charge in [-0.05, 0) is 17.7 Å². The van der Waals surface area contributed by atoms with Crippen LogP contribution < -0.4 is 5.73 Å². The number of hydrogen-bond acceptors (Lipinski definition) is 2. The fourth-order valence-corrected chi connectivity index (χ4v) is 1.01. The standard InChI is InChI=1S/C9H6F4N2.ClH/c10-7-2-1-5(3-6(7)4-14)8(15)9(11,12)13;/h1-3,8H,15H2;1H/t8-;/m1./s1. The van der Waals surface area contributed by atoms with E-state index in [9.17, 15) is 17.6 Å². The van der Waals surface area contributed by atoms with Crippen LogP contribution in [0, 0.1) is 17.1 Å². The van der Waals surface area contributed by atoms with Crippen LogP contribution in [-0.2, 0) is 0 Å². The van der Waals surface area contributed by atoms with Gasteiger partial charge in [-0.25, -0.2) is 4.39 Å². The number of benzene rings is 1. The molecule has 1 aromatic carbocycles. The lowest BCUT2D eigenvalue weighted by Gasteiger charge is -2.15. The molecular weight excluding hydrogens is 248 g/mol. The molecule has 0 aliphatic heterocycles. The van der Waals surface area contributed by atoms with Crippen molar-refractivity contribution in [1.82, 2.24) is 0 Å². The number of nitrogens with zero attached hydrogens (tertiary/aromatic N) is 1. The molecule has 0 unspecified atom stereocenters. The lowest BCUT2D eigenvalue weighted by molar-refractivity contribution is -0.149.